The first kappa shape index (κ1) is 49.8. The SMILES string of the molecule is CCN1C(=O)/C(=c2/s/c(=c3/s/c(=C\c4ccc(-c5ccc(N(c6ccc7c(c6)C(CC)(CC)c6ccccc6-7)c6ccc7c(c6)C(CC)(CC)c6ccccc6-7)cc5)s4)c(=O)n3CC(=O)O)c(=O)n2CC)SC1=S. The average Bonchev–Trinajstić information content (AvgIpc) is 4.26. The molecule has 2 aliphatic carbocycles. The summed E-state index contributed by atoms with van der Waals surface area (Å²) in [5.41, 5.74) is 14.0. The number of amides is 1. The summed E-state index contributed by atoms with van der Waals surface area (Å²) in [4.78, 5) is 59.7. The number of thiophene rings is 1. The van der Waals surface area contributed by atoms with Crippen LogP contribution in [0.1, 0.15) is 94.4 Å². The van der Waals surface area contributed by atoms with Crippen LogP contribution in [-0.4, -0.2) is 41.9 Å². The van der Waals surface area contributed by atoms with Gasteiger partial charge in [-0.2, -0.15) is 0 Å². The summed E-state index contributed by atoms with van der Waals surface area (Å²) in [7, 11) is 0. The van der Waals surface area contributed by atoms with Crippen LogP contribution in [0.3, 0.4) is 0 Å². The van der Waals surface area contributed by atoms with Gasteiger partial charge in [0.25, 0.3) is 17.0 Å². The number of rotatable bonds is 13. The molecule has 0 bridgehead atoms. The van der Waals surface area contributed by atoms with Crippen LogP contribution >= 0.6 is 58.0 Å². The lowest BCUT2D eigenvalue weighted by Crippen LogP contribution is -2.31. The number of anilines is 3. The van der Waals surface area contributed by atoms with Crippen LogP contribution in [0.25, 0.3) is 43.7 Å². The molecule has 8 aromatic rings. The Morgan fingerprint density at radius 3 is 1.69 bits per heavy atom. The van der Waals surface area contributed by atoms with E-state index in [1.807, 2.05) is 26.0 Å². The van der Waals surface area contributed by atoms with Crippen molar-refractivity contribution in [3.8, 4) is 32.7 Å². The van der Waals surface area contributed by atoms with E-state index in [1.54, 1.807) is 6.08 Å². The van der Waals surface area contributed by atoms with Crippen LogP contribution in [0.5, 0.6) is 0 Å². The van der Waals surface area contributed by atoms with E-state index in [0.717, 1.165) is 97.1 Å². The number of hydrogen-bond donors (Lipinski definition) is 1. The third kappa shape index (κ3) is 7.69. The van der Waals surface area contributed by atoms with Crippen molar-refractivity contribution in [1.82, 2.24) is 14.0 Å². The molecular formula is C60H54N4O5S5. The first-order valence-corrected chi connectivity index (χ1v) is 29.0. The lowest BCUT2D eigenvalue weighted by Gasteiger charge is -2.33. The summed E-state index contributed by atoms with van der Waals surface area (Å²) in [6.45, 7) is 13.0. The molecule has 9 nitrogen and oxygen atoms in total. The van der Waals surface area contributed by atoms with Gasteiger partial charge in [0.1, 0.15) is 29.6 Å². The number of carbonyl (C=O) groups excluding carboxylic acids is 1. The fourth-order valence-electron chi connectivity index (χ4n) is 11.9. The molecule has 3 aliphatic rings. The van der Waals surface area contributed by atoms with Gasteiger partial charge in [0.15, 0.2) is 0 Å². The van der Waals surface area contributed by atoms with Gasteiger partial charge >= 0.3 is 5.97 Å². The van der Waals surface area contributed by atoms with E-state index >= 15 is 0 Å². The number of nitrogens with zero attached hydrogens (tertiary/aromatic N) is 4. The summed E-state index contributed by atoms with van der Waals surface area (Å²) in [6, 6.07) is 44.6. The predicted molar refractivity (Wildman–Crippen MR) is 310 cm³/mol. The molecule has 0 saturated carbocycles. The Morgan fingerprint density at radius 1 is 0.608 bits per heavy atom. The smallest absolute Gasteiger partial charge is 0.323 e. The van der Waals surface area contributed by atoms with Crippen molar-refractivity contribution in [2.45, 2.75) is 91.1 Å². The molecule has 0 spiro atoms. The average molecular weight is 1070 g/mol. The maximum Gasteiger partial charge on any atom is 0.323 e. The van der Waals surface area contributed by atoms with Crippen molar-refractivity contribution in [1.29, 1.82) is 0 Å². The zero-order valence-corrected chi connectivity index (χ0v) is 46.1. The monoisotopic (exact) mass is 1070 g/mol. The van der Waals surface area contributed by atoms with Gasteiger partial charge in [-0.15, -0.1) is 34.0 Å². The van der Waals surface area contributed by atoms with Crippen molar-refractivity contribution in [2.75, 3.05) is 11.4 Å². The van der Waals surface area contributed by atoms with Gasteiger partial charge in [0, 0.05) is 50.7 Å². The Balaban J connectivity index is 1.01. The van der Waals surface area contributed by atoms with Gasteiger partial charge in [0.05, 0.1) is 4.53 Å². The van der Waals surface area contributed by atoms with Gasteiger partial charge in [0.2, 0.25) is 0 Å². The fraction of sp³-hybridized carbons (Fsp3) is 0.250. The molecule has 1 aliphatic heterocycles. The second-order valence-electron chi connectivity index (χ2n) is 18.9. The van der Waals surface area contributed by atoms with Crippen LogP contribution in [0.15, 0.2) is 131 Å². The Kier molecular flexibility index (Phi) is 13.0. The van der Waals surface area contributed by atoms with Crippen LogP contribution in [0.4, 0.5) is 17.1 Å². The van der Waals surface area contributed by atoms with E-state index in [2.05, 4.69) is 142 Å². The van der Waals surface area contributed by atoms with E-state index in [-0.39, 0.29) is 32.5 Å². The molecule has 1 fully saturated rings. The Hall–Kier alpha value is -6.42. The third-order valence-electron chi connectivity index (χ3n) is 15.7. The Labute approximate surface area is 450 Å². The lowest BCUT2D eigenvalue weighted by molar-refractivity contribution is -0.137. The lowest BCUT2D eigenvalue weighted by atomic mass is 9.73. The number of aromatic nitrogens is 2. The quantitative estimate of drug-likeness (QED) is 0.114. The molecule has 0 atom stereocenters. The molecule has 0 radical (unpaired) electrons. The zero-order chi connectivity index (χ0) is 51.8. The van der Waals surface area contributed by atoms with Crippen molar-refractivity contribution >= 4 is 102 Å². The molecule has 0 unspecified atom stereocenters. The standard InChI is InChI=1S/C60H54N4O5S5/c1-7-59(8-2)44-19-15-13-17-40(44)42-28-25-37(31-46(42)59)64(38-26-29-43-41-18-14-16-20-45(41)60(9-3,10-4)47(43)32-38)36-23-21-35(22-24-36)48-30-27-39(71-48)33-49-53(67)63(34-50(65)66)57(72-49)51-54(68)61(11-5)56(73-51)52-55(69)62(12-6)58(70)74-52/h13-33H,7-12,34H2,1-6H3,(H,65,66)/b49-33-,56-52-,57-51+. The molecule has 11 rings (SSSR count). The fourth-order valence-corrected chi connectivity index (χ4v) is 16.9. The highest BCUT2D eigenvalue weighted by Crippen LogP contribution is 2.56. The maximum atomic E-state index is 14.1. The predicted octanol–water partition coefficient (Wildman–Crippen LogP) is 12.7. The molecule has 1 N–H and O–H groups in total. The zero-order valence-electron chi connectivity index (χ0n) is 42.0. The van der Waals surface area contributed by atoms with Gasteiger partial charge < -0.3 is 10.0 Å². The van der Waals surface area contributed by atoms with Crippen LogP contribution in [0.2, 0.25) is 0 Å². The van der Waals surface area contributed by atoms with Gasteiger partial charge in [-0.05, 0) is 144 Å². The van der Waals surface area contributed by atoms with Crippen LogP contribution in [-0.2, 0) is 33.5 Å². The normalized spacial score (nSPS) is 16.4. The molecule has 4 heterocycles. The number of fused-ring (bicyclic) bond motifs is 6. The number of thioether (sulfide) groups is 1. The van der Waals surface area contributed by atoms with Gasteiger partial charge in [-0.25, -0.2) is 0 Å². The number of carboxylic acids is 1. The summed E-state index contributed by atoms with van der Waals surface area (Å²) < 4.78 is 4.24. The van der Waals surface area contributed by atoms with E-state index < -0.39 is 23.6 Å². The van der Waals surface area contributed by atoms with E-state index in [4.69, 9.17) is 12.2 Å². The molecule has 1 saturated heterocycles. The number of benzene rings is 5. The largest absolute Gasteiger partial charge is 0.480 e. The summed E-state index contributed by atoms with van der Waals surface area (Å²) in [6.07, 6.45) is 5.76. The summed E-state index contributed by atoms with van der Waals surface area (Å²) in [5.74, 6) is -1.48. The highest BCUT2D eigenvalue weighted by atomic mass is 32.2. The number of aliphatic carboxylic acids is 1. The molecule has 74 heavy (non-hydrogen) atoms. The first-order valence-electron chi connectivity index (χ1n) is 25.3. The minimum atomic E-state index is -1.21. The van der Waals surface area contributed by atoms with E-state index in [0.29, 0.717) is 25.0 Å². The number of thiazole rings is 2. The number of carboxylic acid groups (broad SMARTS) is 1. The van der Waals surface area contributed by atoms with Crippen molar-refractivity contribution in [2.24, 2.45) is 0 Å². The van der Waals surface area contributed by atoms with E-state index in [1.165, 1.54) is 65.3 Å². The highest BCUT2D eigenvalue weighted by Gasteiger charge is 2.43. The first-order chi connectivity index (χ1) is 35.8. The number of hydrogen-bond acceptors (Lipinski definition) is 10. The van der Waals surface area contributed by atoms with Crippen molar-refractivity contribution in [3.05, 3.63) is 188 Å². The summed E-state index contributed by atoms with van der Waals surface area (Å²) in [5, 5.41) is 9.95. The number of thiocarbonyl (C=S) groups is 1. The van der Waals surface area contributed by atoms with Crippen LogP contribution < -0.4 is 25.2 Å². The van der Waals surface area contributed by atoms with Gasteiger partial charge in [-0.3, -0.25) is 33.2 Å². The Morgan fingerprint density at radius 2 is 1.16 bits per heavy atom. The molecule has 5 aromatic carbocycles. The molecule has 14 heteroatoms. The van der Waals surface area contributed by atoms with Crippen molar-refractivity contribution < 1.29 is 14.7 Å². The second kappa shape index (κ2) is 19.4. The Bertz CT molecular complexity index is 3870. The minimum absolute atomic E-state index is 0.0933. The van der Waals surface area contributed by atoms with Crippen LogP contribution in [0, 0.1) is 9.20 Å². The minimum Gasteiger partial charge on any atom is -0.480 e. The van der Waals surface area contributed by atoms with Gasteiger partial charge in [-0.1, -0.05) is 124 Å². The molecule has 1 amide bonds. The molecular weight excluding hydrogens is 1020 g/mol. The molecule has 374 valence electrons. The second-order valence-corrected chi connectivity index (χ2v) is 23.7. The van der Waals surface area contributed by atoms with Crippen molar-refractivity contribution in [3.63, 3.8) is 0 Å². The topological polar surface area (TPSA) is 105 Å². The third-order valence-corrected chi connectivity index (χ3v) is 20.8. The maximum absolute atomic E-state index is 14.1. The number of carbonyl (C=O) groups is 2. The highest BCUT2D eigenvalue weighted by molar-refractivity contribution is 8.30. The molecule has 3 aromatic heterocycles. The summed E-state index contributed by atoms with van der Waals surface area (Å²) >= 11 is 10.3. The van der Waals surface area contributed by atoms with E-state index in [9.17, 15) is 24.3 Å².